The van der Waals surface area contributed by atoms with Crippen LogP contribution in [0.4, 0.5) is 0 Å². The molecule has 0 bridgehead atoms. The Morgan fingerprint density at radius 1 is 0.708 bits per heavy atom. The molecule has 0 radical (unpaired) electrons. The third kappa shape index (κ3) is 16.8. The van der Waals surface area contributed by atoms with Gasteiger partial charge in [-0.05, 0) is 68.8 Å². The van der Waals surface area contributed by atoms with Gasteiger partial charge in [-0.15, -0.1) is 0 Å². The second kappa shape index (κ2) is 27.9. The van der Waals surface area contributed by atoms with E-state index in [1.54, 1.807) is 66.9 Å². The van der Waals surface area contributed by atoms with Crippen LogP contribution in [0.2, 0.25) is 0 Å². The molecule has 1 fully saturated rings. The summed E-state index contributed by atoms with van der Waals surface area (Å²) in [7, 11) is 1.91. The predicted molar refractivity (Wildman–Crippen MR) is 273 cm³/mol. The third-order valence-corrected chi connectivity index (χ3v) is 14.2. The van der Waals surface area contributed by atoms with E-state index in [1.165, 1.54) is 6.92 Å². The van der Waals surface area contributed by atoms with Crippen LogP contribution in [-0.4, -0.2) is 146 Å². The number of carbonyl (C=O) groups is 8. The molecule has 0 spiro atoms. The zero-order valence-electron chi connectivity index (χ0n) is 39.9. The number of nitrogens with two attached hydrogens (primary N) is 2. The second-order valence-electron chi connectivity index (χ2n) is 17.5. The van der Waals surface area contributed by atoms with Crippen LogP contribution >= 0.6 is 21.6 Å². The molecule has 23 heteroatoms. The van der Waals surface area contributed by atoms with Crippen LogP contribution in [0.5, 0.6) is 0 Å². The van der Waals surface area contributed by atoms with Crippen molar-refractivity contribution in [2.45, 2.75) is 113 Å². The number of aliphatic hydroxyl groups excluding tert-OH is 2. The molecule has 2 heterocycles. The van der Waals surface area contributed by atoms with Gasteiger partial charge in [0.1, 0.15) is 36.3 Å². The van der Waals surface area contributed by atoms with Gasteiger partial charge in [-0.3, -0.25) is 33.6 Å². The van der Waals surface area contributed by atoms with Gasteiger partial charge in [0.25, 0.3) is 0 Å². The van der Waals surface area contributed by atoms with Crippen LogP contribution in [0.25, 0.3) is 10.9 Å². The molecule has 0 aliphatic carbocycles. The fraction of sp³-hybridized carbons (Fsp3) is 0.429. The van der Waals surface area contributed by atoms with Crippen molar-refractivity contribution in [2.75, 3.05) is 18.1 Å². The number of hydrogen-bond acceptors (Lipinski definition) is 14. The number of nitrogens with one attached hydrogen (secondary N) is 8. The van der Waals surface area contributed by atoms with Gasteiger partial charge in [0.05, 0.1) is 18.2 Å². The van der Waals surface area contributed by atoms with Gasteiger partial charge in [-0.2, -0.15) is 0 Å². The molecule has 4 aromatic rings. The normalized spacial score (nSPS) is 22.6. The Morgan fingerprint density at radius 3 is 1.93 bits per heavy atom. The summed E-state index contributed by atoms with van der Waals surface area (Å²) in [6.45, 7) is 2.60. The van der Waals surface area contributed by atoms with Crippen molar-refractivity contribution in [3.8, 4) is 0 Å². The third-order valence-electron chi connectivity index (χ3n) is 11.8. The van der Waals surface area contributed by atoms with Gasteiger partial charge < -0.3 is 69.0 Å². The van der Waals surface area contributed by atoms with E-state index in [1.807, 2.05) is 24.3 Å². The number of carboxylic acid groups (broad SMARTS) is 1. The van der Waals surface area contributed by atoms with Gasteiger partial charge in [0, 0.05) is 41.4 Å². The van der Waals surface area contributed by atoms with Crippen molar-refractivity contribution in [3.63, 3.8) is 0 Å². The molecule has 21 nitrogen and oxygen atoms in total. The molecule has 0 saturated carbocycles. The molecule has 72 heavy (non-hydrogen) atoms. The first-order chi connectivity index (χ1) is 34.4. The Labute approximate surface area is 424 Å². The lowest BCUT2D eigenvalue weighted by molar-refractivity contribution is -0.145. The van der Waals surface area contributed by atoms with E-state index < -0.39 is 108 Å². The topological polar surface area (TPSA) is 349 Å². The van der Waals surface area contributed by atoms with Gasteiger partial charge in [0.15, 0.2) is 6.04 Å². The van der Waals surface area contributed by atoms with E-state index in [9.17, 15) is 53.7 Å². The fourth-order valence-electron chi connectivity index (χ4n) is 7.77. The number of aliphatic carboxylic acids is 1. The van der Waals surface area contributed by atoms with Crippen LogP contribution < -0.4 is 48.7 Å². The highest BCUT2D eigenvalue weighted by atomic mass is 33.1. The van der Waals surface area contributed by atoms with Crippen molar-refractivity contribution < 1.29 is 53.7 Å². The van der Waals surface area contributed by atoms with E-state index in [-0.39, 0.29) is 43.7 Å². The molecule has 10 atom stereocenters. The summed E-state index contributed by atoms with van der Waals surface area (Å²) in [5, 5.41) is 49.7. The quantitative estimate of drug-likeness (QED) is 0.0459. The lowest BCUT2D eigenvalue weighted by atomic mass is 10.0. The minimum atomic E-state index is -1.80. The number of rotatable bonds is 17. The van der Waals surface area contributed by atoms with Crippen LogP contribution in [-0.2, 0) is 57.6 Å². The Hall–Kier alpha value is -6.50. The number of aliphatic hydroxyl groups is 2. The first-order valence-corrected chi connectivity index (χ1v) is 26.0. The summed E-state index contributed by atoms with van der Waals surface area (Å²) in [6.07, 6.45) is -0.764. The maximum atomic E-state index is 14.7. The van der Waals surface area contributed by atoms with Gasteiger partial charge in [0.2, 0.25) is 41.4 Å². The number of fused-ring (bicyclic) bond motifs is 1. The summed E-state index contributed by atoms with van der Waals surface area (Å²) in [5.74, 6) is -8.24. The number of aromatic nitrogens is 1. The van der Waals surface area contributed by atoms with E-state index in [0.717, 1.165) is 45.0 Å². The Bertz CT molecular complexity index is 2480. The van der Waals surface area contributed by atoms with E-state index >= 15 is 0 Å². The molecule has 15 N–H and O–H groups in total. The minimum absolute atomic E-state index is 0.000290. The van der Waals surface area contributed by atoms with Crippen molar-refractivity contribution >= 4 is 79.8 Å². The first kappa shape index (κ1) is 56.4. The lowest BCUT2D eigenvalue weighted by Crippen LogP contribution is -2.62. The average molecular weight is 1030 g/mol. The Kier molecular flexibility index (Phi) is 21.9. The van der Waals surface area contributed by atoms with Crippen LogP contribution in [0.3, 0.4) is 0 Å². The number of amides is 7. The summed E-state index contributed by atoms with van der Waals surface area (Å²) < 4.78 is 0. The van der Waals surface area contributed by atoms with Crippen molar-refractivity contribution in [1.29, 1.82) is 0 Å². The standard InChI is InChI=1S/C49H64N10O11S2/c1-27(60)40-48(68)57-39(47(67)59-41(28(2)61)49(69)70)26-72-71-25-38(56-42(62)33(51)21-29-13-5-3-6-14-29)46(66)54-36(22-30-15-7-4-8-16-30)44(64)55-37(23-31-24-52-34-18-10-9-17-32(31)34)45(65)53-35(43(63)58-40)19-11-12-20-50/h3-10,13-18,24,27-28,33,35-41,52,60-61H,11-12,19-23,25-26,50-51H2,1-2H3,(H,53,65)(H,54,66)(H,55,64)(H,56,62)(H,57,68)(H,58,63)(H,59,67)(H,69,70)/t27-,28-,33-,35-,36+,37-,38+,39+,40+,41+/m1/s1. The molecule has 1 aliphatic heterocycles. The van der Waals surface area contributed by atoms with Gasteiger partial charge in [-0.25, -0.2) is 4.79 Å². The van der Waals surface area contributed by atoms with Crippen LogP contribution in [0, 0.1) is 0 Å². The number of carbonyl (C=O) groups excluding carboxylic acids is 7. The van der Waals surface area contributed by atoms with Crippen LogP contribution in [0.15, 0.2) is 91.1 Å². The lowest BCUT2D eigenvalue weighted by Gasteiger charge is -2.29. The number of para-hydroxylation sites is 1. The highest BCUT2D eigenvalue weighted by molar-refractivity contribution is 8.76. The van der Waals surface area contributed by atoms with Crippen LogP contribution in [0.1, 0.15) is 49.8 Å². The number of hydrogen-bond donors (Lipinski definition) is 13. The van der Waals surface area contributed by atoms with E-state index in [0.29, 0.717) is 24.0 Å². The summed E-state index contributed by atoms with van der Waals surface area (Å²) >= 11 is 0. The summed E-state index contributed by atoms with van der Waals surface area (Å²) in [4.78, 5) is 115. The van der Waals surface area contributed by atoms with E-state index in [4.69, 9.17) is 11.5 Å². The largest absolute Gasteiger partial charge is 0.480 e. The highest BCUT2D eigenvalue weighted by Gasteiger charge is 2.37. The van der Waals surface area contributed by atoms with Crippen molar-refractivity contribution in [1.82, 2.24) is 42.2 Å². The fourth-order valence-corrected chi connectivity index (χ4v) is 10.1. The number of aromatic amines is 1. The van der Waals surface area contributed by atoms with Gasteiger partial charge >= 0.3 is 5.97 Å². The molecule has 7 amide bonds. The zero-order chi connectivity index (χ0) is 52.3. The number of unbranched alkanes of at least 4 members (excludes halogenated alkanes) is 1. The molecular formula is C49H64N10O11S2. The molecule has 1 aliphatic rings. The SMILES string of the molecule is C[C@@H](O)[C@H](NC(=O)[C@@H]1CSSC[C@H](NC(=O)[C@H](N)Cc2ccccc2)C(=O)N[C@@H](Cc2ccccc2)C(=O)N[C@H](Cc2c[nH]c3ccccc23)C(=O)N[C@H](CCCCN)C(=O)N[C@@H]([C@@H](C)O)C(=O)N1)C(=O)O. The summed E-state index contributed by atoms with van der Waals surface area (Å²) in [6, 6.07) is 13.3. The number of benzene rings is 3. The molecule has 3 aromatic carbocycles. The zero-order valence-corrected chi connectivity index (χ0v) is 41.5. The number of carboxylic acids is 1. The molecule has 1 aromatic heterocycles. The van der Waals surface area contributed by atoms with Crippen molar-refractivity contribution in [2.24, 2.45) is 11.5 Å². The maximum Gasteiger partial charge on any atom is 0.328 e. The smallest absolute Gasteiger partial charge is 0.328 e. The minimum Gasteiger partial charge on any atom is -0.480 e. The van der Waals surface area contributed by atoms with Gasteiger partial charge in [-0.1, -0.05) is 100 Å². The monoisotopic (exact) mass is 1030 g/mol. The van der Waals surface area contributed by atoms with E-state index in [2.05, 4.69) is 42.2 Å². The summed E-state index contributed by atoms with van der Waals surface area (Å²) in [5.41, 5.74) is 14.9. The Morgan fingerprint density at radius 2 is 1.29 bits per heavy atom. The first-order valence-electron chi connectivity index (χ1n) is 23.5. The molecule has 0 unspecified atom stereocenters. The highest BCUT2D eigenvalue weighted by Crippen LogP contribution is 2.24. The molecule has 1 saturated heterocycles. The second-order valence-corrected chi connectivity index (χ2v) is 20.1. The predicted octanol–water partition coefficient (Wildman–Crippen LogP) is -0.713. The molecular weight excluding hydrogens is 969 g/mol. The molecule has 388 valence electrons. The van der Waals surface area contributed by atoms with Crippen molar-refractivity contribution in [3.05, 3.63) is 108 Å². The maximum absolute atomic E-state index is 14.7. The average Bonchev–Trinajstić information content (AvgIpc) is 3.76. The molecule has 5 rings (SSSR count). The Balaban J connectivity index is 1.57. The number of H-pyrrole nitrogens is 1.